The van der Waals surface area contributed by atoms with Crippen molar-refractivity contribution in [1.29, 1.82) is 0 Å². The van der Waals surface area contributed by atoms with E-state index in [-0.39, 0.29) is 18.6 Å². The summed E-state index contributed by atoms with van der Waals surface area (Å²) in [5.41, 5.74) is 0. The summed E-state index contributed by atoms with van der Waals surface area (Å²) < 4.78 is 48.7. The van der Waals surface area contributed by atoms with E-state index in [1.807, 2.05) is 0 Å². The second-order valence-corrected chi connectivity index (χ2v) is 9.65. The van der Waals surface area contributed by atoms with E-state index in [1.54, 1.807) is 0 Å². The van der Waals surface area contributed by atoms with Crippen LogP contribution >= 0.6 is 0 Å². The summed E-state index contributed by atoms with van der Waals surface area (Å²) in [4.78, 5) is 0. The molecule has 3 aliphatic rings. The summed E-state index contributed by atoms with van der Waals surface area (Å²) in [6, 6.07) is 0. The zero-order valence-corrected chi connectivity index (χ0v) is 17.5. The van der Waals surface area contributed by atoms with E-state index < -0.39 is 12.6 Å². The first kappa shape index (κ1) is 22.4. The molecular formula is C23H39F3O2. The van der Waals surface area contributed by atoms with Crippen molar-refractivity contribution in [3.05, 3.63) is 0 Å². The van der Waals surface area contributed by atoms with Gasteiger partial charge in [-0.2, -0.15) is 13.2 Å². The number of ether oxygens (including phenoxy) is 2. The Bertz CT molecular complexity index is 430. The van der Waals surface area contributed by atoms with Crippen LogP contribution in [-0.4, -0.2) is 25.7 Å². The molecule has 1 saturated heterocycles. The Morgan fingerprint density at radius 1 is 0.714 bits per heavy atom. The number of hydrogen-bond acceptors (Lipinski definition) is 2. The molecule has 0 amide bonds. The normalized spacial score (nSPS) is 37.7. The number of halogens is 3. The third-order valence-corrected chi connectivity index (χ3v) is 7.52. The minimum atomic E-state index is -4.05. The Hall–Kier alpha value is -0.290. The first-order valence-electron chi connectivity index (χ1n) is 11.7. The fraction of sp³-hybridized carbons (Fsp3) is 1.00. The lowest BCUT2D eigenvalue weighted by Crippen LogP contribution is -2.39. The molecule has 0 aromatic rings. The highest BCUT2D eigenvalue weighted by atomic mass is 19.4. The molecule has 0 unspecified atom stereocenters. The van der Waals surface area contributed by atoms with Gasteiger partial charge in [0.25, 0.3) is 0 Å². The van der Waals surface area contributed by atoms with E-state index >= 15 is 0 Å². The van der Waals surface area contributed by atoms with E-state index in [0.717, 1.165) is 17.8 Å². The van der Waals surface area contributed by atoms with Gasteiger partial charge < -0.3 is 9.47 Å². The highest BCUT2D eigenvalue weighted by molar-refractivity contribution is 4.83. The largest absolute Gasteiger partial charge is 0.389 e. The van der Waals surface area contributed by atoms with Crippen LogP contribution in [0.2, 0.25) is 0 Å². The summed E-state index contributed by atoms with van der Waals surface area (Å²) in [5.74, 6) is 3.39. The van der Waals surface area contributed by atoms with Crippen molar-refractivity contribution in [3.8, 4) is 0 Å². The van der Waals surface area contributed by atoms with Crippen LogP contribution in [-0.2, 0) is 9.47 Å². The molecule has 5 heteroatoms. The first-order chi connectivity index (χ1) is 13.4. The van der Waals surface area contributed by atoms with Gasteiger partial charge in [-0.1, -0.05) is 32.6 Å². The van der Waals surface area contributed by atoms with Gasteiger partial charge in [0.1, 0.15) is 0 Å². The van der Waals surface area contributed by atoms with Crippen LogP contribution in [0.1, 0.15) is 90.4 Å². The highest BCUT2D eigenvalue weighted by Gasteiger charge is 2.36. The molecule has 3 rings (SSSR count). The van der Waals surface area contributed by atoms with Crippen molar-refractivity contribution in [1.82, 2.24) is 0 Å². The van der Waals surface area contributed by atoms with Crippen molar-refractivity contribution in [2.75, 3.05) is 13.2 Å². The van der Waals surface area contributed by atoms with Crippen LogP contribution in [0.3, 0.4) is 0 Å². The second-order valence-electron chi connectivity index (χ2n) is 9.65. The van der Waals surface area contributed by atoms with Crippen molar-refractivity contribution >= 4 is 0 Å². The predicted molar refractivity (Wildman–Crippen MR) is 105 cm³/mol. The van der Waals surface area contributed by atoms with Crippen molar-refractivity contribution < 1.29 is 22.6 Å². The number of alkyl halides is 3. The van der Waals surface area contributed by atoms with E-state index in [0.29, 0.717) is 25.6 Å². The summed E-state index contributed by atoms with van der Waals surface area (Å²) in [7, 11) is 0. The summed E-state index contributed by atoms with van der Waals surface area (Å²) in [5, 5.41) is 0. The zero-order valence-electron chi connectivity index (χ0n) is 17.5. The van der Waals surface area contributed by atoms with Crippen LogP contribution in [0.15, 0.2) is 0 Å². The molecule has 0 radical (unpaired) electrons. The summed E-state index contributed by atoms with van der Waals surface area (Å²) >= 11 is 0. The monoisotopic (exact) mass is 404 g/mol. The van der Waals surface area contributed by atoms with Gasteiger partial charge >= 0.3 is 6.18 Å². The zero-order chi connectivity index (χ0) is 20.0. The molecule has 3 fully saturated rings. The molecule has 2 saturated carbocycles. The number of rotatable bonds is 7. The molecule has 28 heavy (non-hydrogen) atoms. The molecule has 164 valence electrons. The predicted octanol–water partition coefficient (Wildman–Crippen LogP) is 7.12. The molecular weight excluding hydrogens is 365 g/mol. The molecule has 0 N–H and O–H groups in total. The average molecular weight is 405 g/mol. The fourth-order valence-corrected chi connectivity index (χ4v) is 5.83. The van der Waals surface area contributed by atoms with Gasteiger partial charge in [0, 0.05) is 18.3 Å². The van der Waals surface area contributed by atoms with Gasteiger partial charge in [-0.25, -0.2) is 0 Å². The Morgan fingerprint density at radius 2 is 1.25 bits per heavy atom. The SMILES string of the molecule is CCCC1CCC(C2CCC(C3OCC(CCCC(F)(F)F)CO3)CC2)CC1. The van der Waals surface area contributed by atoms with Gasteiger partial charge in [0.15, 0.2) is 6.29 Å². The smallest absolute Gasteiger partial charge is 0.352 e. The van der Waals surface area contributed by atoms with Crippen LogP contribution in [0.25, 0.3) is 0 Å². The maximum Gasteiger partial charge on any atom is 0.389 e. The topological polar surface area (TPSA) is 18.5 Å². The van der Waals surface area contributed by atoms with Crippen molar-refractivity contribution in [2.45, 2.75) is 103 Å². The molecule has 0 bridgehead atoms. The maximum atomic E-state index is 12.3. The van der Waals surface area contributed by atoms with E-state index in [2.05, 4.69) is 6.92 Å². The Labute approximate surface area is 168 Å². The molecule has 0 aromatic carbocycles. The second kappa shape index (κ2) is 10.7. The maximum absolute atomic E-state index is 12.3. The lowest BCUT2D eigenvalue weighted by molar-refractivity contribution is -0.231. The van der Waals surface area contributed by atoms with E-state index in [4.69, 9.17) is 9.47 Å². The molecule has 0 spiro atoms. The Balaban J connectivity index is 1.31. The quantitative estimate of drug-likeness (QED) is 0.450. The van der Waals surface area contributed by atoms with Crippen LogP contribution in [0.4, 0.5) is 13.2 Å². The first-order valence-corrected chi connectivity index (χ1v) is 11.7. The lowest BCUT2D eigenvalue weighted by atomic mass is 9.68. The van der Waals surface area contributed by atoms with Crippen LogP contribution in [0.5, 0.6) is 0 Å². The molecule has 1 aliphatic heterocycles. The average Bonchev–Trinajstić information content (AvgIpc) is 2.69. The molecule has 2 nitrogen and oxygen atoms in total. The highest BCUT2D eigenvalue weighted by Crippen LogP contribution is 2.43. The van der Waals surface area contributed by atoms with Gasteiger partial charge in [0.05, 0.1) is 13.2 Å². The van der Waals surface area contributed by atoms with Crippen molar-refractivity contribution in [2.24, 2.45) is 29.6 Å². The fourth-order valence-electron chi connectivity index (χ4n) is 5.83. The summed E-state index contributed by atoms with van der Waals surface area (Å²) in [6.45, 7) is 3.42. The van der Waals surface area contributed by atoms with Crippen LogP contribution < -0.4 is 0 Å². The minimum absolute atomic E-state index is 0.119. The van der Waals surface area contributed by atoms with Gasteiger partial charge in [-0.15, -0.1) is 0 Å². The van der Waals surface area contributed by atoms with Gasteiger partial charge in [-0.05, 0) is 69.1 Å². The van der Waals surface area contributed by atoms with Gasteiger partial charge in [-0.3, -0.25) is 0 Å². The number of hydrogen-bond donors (Lipinski definition) is 0. The van der Waals surface area contributed by atoms with Crippen LogP contribution in [0, 0.1) is 29.6 Å². The third-order valence-electron chi connectivity index (χ3n) is 7.52. The Kier molecular flexibility index (Phi) is 8.52. The molecule has 2 aliphatic carbocycles. The third kappa shape index (κ3) is 6.90. The van der Waals surface area contributed by atoms with E-state index in [1.165, 1.54) is 64.2 Å². The van der Waals surface area contributed by atoms with Gasteiger partial charge in [0.2, 0.25) is 0 Å². The van der Waals surface area contributed by atoms with E-state index in [9.17, 15) is 13.2 Å². The standard InChI is InChI=1S/C23H39F3O2/c1-2-4-17-6-8-19(9-7-17)20-10-12-21(13-11-20)22-27-15-18(16-28-22)5-3-14-23(24,25)26/h17-22H,2-16H2,1H3. The lowest BCUT2D eigenvalue weighted by Gasteiger charge is -2.41. The molecule has 1 heterocycles. The minimum Gasteiger partial charge on any atom is -0.352 e. The molecule has 0 aromatic heterocycles. The Morgan fingerprint density at radius 3 is 1.79 bits per heavy atom. The van der Waals surface area contributed by atoms with Crippen molar-refractivity contribution in [3.63, 3.8) is 0 Å². The summed E-state index contributed by atoms with van der Waals surface area (Å²) in [6.07, 6.45) is 9.26. The molecule has 0 atom stereocenters.